The highest BCUT2D eigenvalue weighted by molar-refractivity contribution is 6.30. The standard InChI is InChI=1S/C15H22ClNO/c1-12(13-6-5-7-14(16)10-13)17-11-15(18)8-3-2-4-9-15/h5-7,10,12,17-18H,2-4,8-9,11H2,1H3/t12-/m1/s1. The summed E-state index contributed by atoms with van der Waals surface area (Å²) in [5.74, 6) is 0. The van der Waals surface area contributed by atoms with Gasteiger partial charge in [0.25, 0.3) is 0 Å². The second kappa shape index (κ2) is 6.05. The molecular formula is C15H22ClNO. The molecule has 1 atom stereocenters. The minimum atomic E-state index is -0.509. The molecule has 0 heterocycles. The molecule has 2 nitrogen and oxygen atoms in total. The summed E-state index contributed by atoms with van der Waals surface area (Å²) in [5.41, 5.74) is 0.660. The number of nitrogens with one attached hydrogen (secondary N) is 1. The largest absolute Gasteiger partial charge is 0.389 e. The van der Waals surface area contributed by atoms with Gasteiger partial charge in [-0.05, 0) is 37.5 Å². The molecule has 1 aromatic rings. The predicted octanol–water partition coefficient (Wildman–Crippen LogP) is 3.69. The van der Waals surface area contributed by atoms with Gasteiger partial charge in [-0.2, -0.15) is 0 Å². The van der Waals surface area contributed by atoms with Gasteiger partial charge in [-0.3, -0.25) is 0 Å². The molecule has 1 aliphatic carbocycles. The van der Waals surface area contributed by atoms with Gasteiger partial charge >= 0.3 is 0 Å². The maximum atomic E-state index is 10.4. The van der Waals surface area contributed by atoms with Crippen LogP contribution < -0.4 is 5.32 Å². The Kier molecular flexibility index (Phi) is 4.66. The van der Waals surface area contributed by atoms with Gasteiger partial charge in [-0.1, -0.05) is 43.0 Å². The number of benzene rings is 1. The van der Waals surface area contributed by atoms with Gasteiger partial charge in [0.05, 0.1) is 5.60 Å². The molecule has 1 fully saturated rings. The third-order valence-corrected chi connectivity index (χ3v) is 4.11. The lowest BCUT2D eigenvalue weighted by Crippen LogP contribution is -2.42. The van der Waals surface area contributed by atoms with Crippen LogP contribution in [0.1, 0.15) is 50.6 Å². The Morgan fingerprint density at radius 2 is 2.06 bits per heavy atom. The van der Waals surface area contributed by atoms with E-state index < -0.39 is 5.60 Å². The molecule has 0 aromatic heterocycles. The number of hydrogen-bond donors (Lipinski definition) is 2. The Hall–Kier alpha value is -0.570. The molecule has 0 bridgehead atoms. The molecule has 1 aliphatic rings. The van der Waals surface area contributed by atoms with Crippen molar-refractivity contribution in [2.24, 2.45) is 0 Å². The van der Waals surface area contributed by atoms with E-state index in [1.54, 1.807) is 0 Å². The van der Waals surface area contributed by atoms with E-state index in [0.29, 0.717) is 6.54 Å². The van der Waals surface area contributed by atoms with Gasteiger partial charge in [0.1, 0.15) is 0 Å². The minimum absolute atomic E-state index is 0.217. The smallest absolute Gasteiger partial charge is 0.0771 e. The number of hydrogen-bond acceptors (Lipinski definition) is 2. The predicted molar refractivity (Wildman–Crippen MR) is 75.9 cm³/mol. The summed E-state index contributed by atoms with van der Waals surface area (Å²) in [4.78, 5) is 0. The molecule has 100 valence electrons. The summed E-state index contributed by atoms with van der Waals surface area (Å²) in [5, 5.41) is 14.6. The molecule has 0 unspecified atom stereocenters. The topological polar surface area (TPSA) is 32.3 Å². The first-order valence-corrected chi connectivity index (χ1v) is 7.18. The van der Waals surface area contributed by atoms with Gasteiger partial charge in [0.15, 0.2) is 0 Å². The summed E-state index contributed by atoms with van der Waals surface area (Å²) >= 11 is 5.99. The zero-order valence-corrected chi connectivity index (χ0v) is 11.7. The average Bonchev–Trinajstić information content (AvgIpc) is 2.37. The normalized spacial score (nSPS) is 20.6. The molecule has 1 saturated carbocycles. The quantitative estimate of drug-likeness (QED) is 0.872. The van der Waals surface area contributed by atoms with Crippen LogP contribution in [-0.4, -0.2) is 17.3 Å². The maximum Gasteiger partial charge on any atom is 0.0771 e. The molecule has 0 saturated heterocycles. The molecule has 0 aliphatic heterocycles. The van der Waals surface area contributed by atoms with Crippen molar-refractivity contribution in [1.82, 2.24) is 5.32 Å². The summed E-state index contributed by atoms with van der Waals surface area (Å²) in [6, 6.07) is 8.10. The van der Waals surface area contributed by atoms with E-state index in [1.165, 1.54) is 12.0 Å². The number of aliphatic hydroxyl groups is 1. The first-order chi connectivity index (χ1) is 8.59. The van der Waals surface area contributed by atoms with Crippen LogP contribution in [-0.2, 0) is 0 Å². The van der Waals surface area contributed by atoms with Crippen LogP contribution in [0.5, 0.6) is 0 Å². The molecule has 2 rings (SSSR count). The van der Waals surface area contributed by atoms with E-state index in [9.17, 15) is 5.11 Å². The lowest BCUT2D eigenvalue weighted by atomic mass is 9.84. The second-order valence-electron chi connectivity index (χ2n) is 5.44. The van der Waals surface area contributed by atoms with E-state index >= 15 is 0 Å². The third kappa shape index (κ3) is 3.71. The Balaban J connectivity index is 1.89. The first kappa shape index (κ1) is 13.9. The molecule has 18 heavy (non-hydrogen) atoms. The fourth-order valence-electron chi connectivity index (χ4n) is 2.62. The van der Waals surface area contributed by atoms with Gasteiger partial charge in [-0.25, -0.2) is 0 Å². The molecule has 2 N–H and O–H groups in total. The van der Waals surface area contributed by atoms with Gasteiger partial charge in [-0.15, -0.1) is 0 Å². The Labute approximate surface area is 114 Å². The zero-order valence-electron chi connectivity index (χ0n) is 11.0. The molecule has 0 radical (unpaired) electrons. The van der Waals surface area contributed by atoms with Gasteiger partial charge in [0.2, 0.25) is 0 Å². The Morgan fingerprint density at radius 3 is 2.72 bits per heavy atom. The van der Waals surface area contributed by atoms with Crippen molar-refractivity contribution < 1.29 is 5.11 Å². The van der Waals surface area contributed by atoms with Crippen molar-refractivity contribution in [2.75, 3.05) is 6.54 Å². The van der Waals surface area contributed by atoms with E-state index in [-0.39, 0.29) is 6.04 Å². The van der Waals surface area contributed by atoms with Crippen molar-refractivity contribution in [1.29, 1.82) is 0 Å². The first-order valence-electron chi connectivity index (χ1n) is 6.80. The lowest BCUT2D eigenvalue weighted by molar-refractivity contribution is 0.00300. The molecule has 3 heteroatoms. The maximum absolute atomic E-state index is 10.4. The van der Waals surface area contributed by atoms with E-state index in [2.05, 4.69) is 18.3 Å². The van der Waals surface area contributed by atoms with Crippen LogP contribution in [0.3, 0.4) is 0 Å². The summed E-state index contributed by atoms with van der Waals surface area (Å²) in [7, 11) is 0. The number of halogens is 1. The number of rotatable bonds is 4. The highest BCUT2D eigenvalue weighted by Gasteiger charge is 2.29. The van der Waals surface area contributed by atoms with Crippen LogP contribution in [0.4, 0.5) is 0 Å². The van der Waals surface area contributed by atoms with Crippen molar-refractivity contribution >= 4 is 11.6 Å². The SMILES string of the molecule is C[C@@H](NCC1(O)CCCCC1)c1cccc(Cl)c1. The third-order valence-electron chi connectivity index (χ3n) is 3.87. The van der Waals surface area contributed by atoms with Crippen molar-refractivity contribution in [3.63, 3.8) is 0 Å². The van der Waals surface area contributed by atoms with Crippen molar-refractivity contribution in [3.8, 4) is 0 Å². The van der Waals surface area contributed by atoms with Crippen LogP contribution in [0.25, 0.3) is 0 Å². The highest BCUT2D eigenvalue weighted by atomic mass is 35.5. The van der Waals surface area contributed by atoms with Crippen LogP contribution in [0.2, 0.25) is 5.02 Å². The zero-order chi connectivity index (χ0) is 13.0. The Morgan fingerprint density at radius 1 is 1.33 bits per heavy atom. The monoisotopic (exact) mass is 267 g/mol. The van der Waals surface area contributed by atoms with E-state index in [0.717, 1.165) is 30.7 Å². The highest BCUT2D eigenvalue weighted by Crippen LogP contribution is 2.28. The van der Waals surface area contributed by atoms with Crippen molar-refractivity contribution in [2.45, 2.75) is 50.7 Å². The Bertz CT molecular complexity index is 388. The van der Waals surface area contributed by atoms with E-state index in [4.69, 9.17) is 11.6 Å². The fourth-order valence-corrected chi connectivity index (χ4v) is 2.82. The van der Waals surface area contributed by atoms with Crippen LogP contribution in [0, 0.1) is 0 Å². The second-order valence-corrected chi connectivity index (χ2v) is 5.88. The van der Waals surface area contributed by atoms with Crippen molar-refractivity contribution in [3.05, 3.63) is 34.9 Å². The summed E-state index contributed by atoms with van der Waals surface area (Å²) in [6.45, 7) is 2.78. The summed E-state index contributed by atoms with van der Waals surface area (Å²) in [6.07, 6.45) is 5.38. The van der Waals surface area contributed by atoms with Crippen LogP contribution in [0.15, 0.2) is 24.3 Å². The lowest BCUT2D eigenvalue weighted by Gasteiger charge is -2.33. The molecule has 0 spiro atoms. The van der Waals surface area contributed by atoms with Gasteiger partial charge < -0.3 is 10.4 Å². The molecule has 0 amide bonds. The minimum Gasteiger partial charge on any atom is -0.389 e. The average molecular weight is 268 g/mol. The van der Waals surface area contributed by atoms with Gasteiger partial charge in [0, 0.05) is 17.6 Å². The van der Waals surface area contributed by atoms with Crippen LogP contribution >= 0.6 is 11.6 Å². The van der Waals surface area contributed by atoms with E-state index in [1.807, 2.05) is 18.2 Å². The molecular weight excluding hydrogens is 246 g/mol. The molecule has 1 aromatic carbocycles. The fraction of sp³-hybridized carbons (Fsp3) is 0.600. The summed E-state index contributed by atoms with van der Waals surface area (Å²) < 4.78 is 0.